The van der Waals surface area contributed by atoms with Crippen LogP contribution >= 0.6 is 22.6 Å². The van der Waals surface area contributed by atoms with Crippen LogP contribution < -0.4 is 10.1 Å². The summed E-state index contributed by atoms with van der Waals surface area (Å²) in [5.74, 6) is -0.00744. The third kappa shape index (κ3) is 3.72. The van der Waals surface area contributed by atoms with Crippen LogP contribution in [0.4, 0.5) is 4.39 Å². The lowest BCUT2D eigenvalue weighted by Crippen LogP contribution is -2.27. The summed E-state index contributed by atoms with van der Waals surface area (Å²) in [7, 11) is 1.52. The van der Waals surface area contributed by atoms with Gasteiger partial charge in [-0.2, -0.15) is 0 Å². The number of hydrogen-bond acceptors (Lipinski definition) is 2. The lowest BCUT2D eigenvalue weighted by atomic mass is 10.1. The largest absolute Gasteiger partial charge is 0.496 e. The van der Waals surface area contributed by atoms with Gasteiger partial charge in [0.05, 0.1) is 18.7 Å². The molecule has 2 aromatic rings. The van der Waals surface area contributed by atoms with Gasteiger partial charge in [-0.1, -0.05) is 12.1 Å². The van der Waals surface area contributed by atoms with Gasteiger partial charge in [-0.15, -0.1) is 0 Å². The molecule has 110 valence electrons. The number of methoxy groups -OCH3 is 1. The van der Waals surface area contributed by atoms with Crippen molar-refractivity contribution in [1.82, 2.24) is 5.32 Å². The molecule has 0 aliphatic heterocycles. The van der Waals surface area contributed by atoms with Crippen molar-refractivity contribution in [3.8, 4) is 5.75 Å². The molecule has 2 aromatic carbocycles. The van der Waals surface area contributed by atoms with E-state index in [0.717, 1.165) is 3.57 Å². The molecule has 21 heavy (non-hydrogen) atoms. The van der Waals surface area contributed by atoms with Gasteiger partial charge in [-0.25, -0.2) is 4.39 Å². The highest BCUT2D eigenvalue weighted by Crippen LogP contribution is 2.26. The Balaban J connectivity index is 2.22. The molecule has 3 nitrogen and oxygen atoms in total. The number of carbonyl (C=O) groups excluding carboxylic acids is 1. The maximum atomic E-state index is 13.4. The average molecular weight is 399 g/mol. The van der Waals surface area contributed by atoms with Crippen molar-refractivity contribution in [2.45, 2.75) is 13.0 Å². The van der Waals surface area contributed by atoms with Crippen LogP contribution in [0.25, 0.3) is 0 Å². The second-order valence-corrected chi connectivity index (χ2v) is 5.72. The molecule has 5 heteroatoms. The third-order valence-corrected chi connectivity index (χ3v) is 4.07. The third-order valence-electron chi connectivity index (χ3n) is 3.12. The fourth-order valence-corrected chi connectivity index (χ4v) is 2.67. The molecule has 0 aromatic heterocycles. The van der Waals surface area contributed by atoms with Gasteiger partial charge in [0.1, 0.15) is 11.6 Å². The van der Waals surface area contributed by atoms with Gasteiger partial charge in [0.2, 0.25) is 0 Å². The Labute approximate surface area is 136 Å². The van der Waals surface area contributed by atoms with Gasteiger partial charge in [0.25, 0.3) is 5.91 Å². The fraction of sp³-hybridized carbons (Fsp3) is 0.188. The lowest BCUT2D eigenvalue weighted by molar-refractivity contribution is 0.0938. The molecule has 0 heterocycles. The summed E-state index contributed by atoms with van der Waals surface area (Å²) in [6.07, 6.45) is 0. The van der Waals surface area contributed by atoms with E-state index in [0.29, 0.717) is 16.9 Å². The molecule has 1 N–H and O–H groups in total. The number of carbonyl (C=O) groups is 1. The number of amides is 1. The number of benzene rings is 2. The topological polar surface area (TPSA) is 38.3 Å². The predicted octanol–water partition coefficient (Wildman–Crippen LogP) is 3.93. The average Bonchev–Trinajstić information content (AvgIpc) is 2.47. The van der Waals surface area contributed by atoms with Crippen molar-refractivity contribution >= 4 is 28.5 Å². The monoisotopic (exact) mass is 399 g/mol. The highest BCUT2D eigenvalue weighted by atomic mass is 127. The molecule has 0 saturated heterocycles. The molecule has 1 atom stereocenters. The van der Waals surface area contributed by atoms with Crippen LogP contribution in [0.2, 0.25) is 0 Å². The molecule has 2 rings (SSSR count). The molecular formula is C16H15FINO2. The van der Waals surface area contributed by atoms with E-state index in [1.807, 2.05) is 18.2 Å². The molecule has 0 radical (unpaired) electrons. The highest BCUT2D eigenvalue weighted by Gasteiger charge is 2.17. The first-order chi connectivity index (χ1) is 10.0. The van der Waals surface area contributed by atoms with Gasteiger partial charge in [0, 0.05) is 9.13 Å². The van der Waals surface area contributed by atoms with E-state index < -0.39 is 0 Å². The van der Waals surface area contributed by atoms with Crippen LogP contribution in [-0.2, 0) is 0 Å². The van der Waals surface area contributed by atoms with Gasteiger partial charge in [0.15, 0.2) is 0 Å². The summed E-state index contributed by atoms with van der Waals surface area (Å²) in [5.41, 5.74) is 1.21. The van der Waals surface area contributed by atoms with Gasteiger partial charge < -0.3 is 10.1 Å². The molecule has 0 fully saturated rings. The quantitative estimate of drug-likeness (QED) is 0.792. The van der Waals surface area contributed by atoms with Crippen LogP contribution in [0.1, 0.15) is 28.9 Å². The summed E-state index contributed by atoms with van der Waals surface area (Å²) >= 11 is 2.11. The molecule has 1 unspecified atom stereocenters. The smallest absolute Gasteiger partial charge is 0.252 e. The zero-order valence-electron chi connectivity index (χ0n) is 11.7. The van der Waals surface area contributed by atoms with Crippen molar-refractivity contribution in [3.63, 3.8) is 0 Å². The Morgan fingerprint density at radius 1 is 1.29 bits per heavy atom. The number of hydrogen-bond donors (Lipinski definition) is 1. The summed E-state index contributed by atoms with van der Waals surface area (Å²) in [6.45, 7) is 1.80. The number of ether oxygens (including phenoxy) is 1. The van der Waals surface area contributed by atoms with Crippen LogP contribution in [0.15, 0.2) is 42.5 Å². The van der Waals surface area contributed by atoms with Gasteiger partial charge in [-0.3, -0.25) is 4.79 Å². The molecule has 1 amide bonds. The number of halogens is 2. The van der Waals surface area contributed by atoms with Crippen LogP contribution in [0, 0.1) is 9.39 Å². The number of nitrogens with one attached hydrogen (secondary N) is 1. The predicted molar refractivity (Wildman–Crippen MR) is 88.0 cm³/mol. The Morgan fingerprint density at radius 3 is 2.67 bits per heavy atom. The fourth-order valence-electron chi connectivity index (χ4n) is 2.04. The Hall–Kier alpha value is -1.63. The summed E-state index contributed by atoms with van der Waals surface area (Å²) in [5, 5.41) is 2.86. The van der Waals surface area contributed by atoms with Crippen molar-refractivity contribution in [2.75, 3.05) is 7.11 Å². The van der Waals surface area contributed by atoms with Crippen LogP contribution in [0.3, 0.4) is 0 Å². The van der Waals surface area contributed by atoms with Crippen molar-refractivity contribution in [2.24, 2.45) is 0 Å². The van der Waals surface area contributed by atoms with E-state index in [1.165, 1.54) is 19.2 Å². The van der Waals surface area contributed by atoms with E-state index in [4.69, 9.17) is 4.74 Å². The normalized spacial score (nSPS) is 11.8. The highest BCUT2D eigenvalue weighted by molar-refractivity contribution is 14.1. The van der Waals surface area contributed by atoms with E-state index >= 15 is 0 Å². The Bertz CT molecular complexity index is 660. The van der Waals surface area contributed by atoms with Gasteiger partial charge in [-0.05, 0) is 59.8 Å². The first-order valence-corrected chi connectivity index (χ1v) is 7.49. The molecule has 0 saturated carbocycles. The van der Waals surface area contributed by atoms with E-state index in [1.54, 1.807) is 19.1 Å². The lowest BCUT2D eigenvalue weighted by Gasteiger charge is -2.18. The van der Waals surface area contributed by atoms with Crippen molar-refractivity contribution < 1.29 is 13.9 Å². The summed E-state index contributed by atoms with van der Waals surface area (Å²) in [6, 6.07) is 11.2. The minimum atomic E-state index is -0.362. The zero-order chi connectivity index (χ0) is 15.4. The molecule has 0 aliphatic rings. The SMILES string of the molecule is COc1ccc(F)cc1C(C)NC(=O)c1ccccc1I. The van der Waals surface area contributed by atoms with Gasteiger partial charge >= 0.3 is 0 Å². The Kier molecular flexibility index (Phi) is 5.17. The first kappa shape index (κ1) is 15.8. The second kappa shape index (κ2) is 6.89. The zero-order valence-corrected chi connectivity index (χ0v) is 13.8. The maximum Gasteiger partial charge on any atom is 0.252 e. The van der Waals surface area contributed by atoms with E-state index in [-0.39, 0.29) is 17.8 Å². The molecular weight excluding hydrogens is 384 g/mol. The van der Waals surface area contributed by atoms with Crippen molar-refractivity contribution in [1.29, 1.82) is 0 Å². The summed E-state index contributed by atoms with van der Waals surface area (Å²) in [4.78, 5) is 12.3. The van der Waals surface area contributed by atoms with Crippen LogP contribution in [0.5, 0.6) is 5.75 Å². The Morgan fingerprint density at radius 2 is 2.00 bits per heavy atom. The first-order valence-electron chi connectivity index (χ1n) is 6.41. The van der Waals surface area contributed by atoms with Crippen LogP contribution in [-0.4, -0.2) is 13.0 Å². The molecule has 0 bridgehead atoms. The minimum Gasteiger partial charge on any atom is -0.496 e. The maximum absolute atomic E-state index is 13.4. The van der Waals surface area contributed by atoms with Crippen molar-refractivity contribution in [3.05, 3.63) is 63.0 Å². The number of rotatable bonds is 4. The van der Waals surface area contributed by atoms with E-state index in [2.05, 4.69) is 27.9 Å². The summed E-state index contributed by atoms with van der Waals surface area (Å²) < 4.78 is 19.5. The van der Waals surface area contributed by atoms with E-state index in [9.17, 15) is 9.18 Å². The molecule has 0 spiro atoms. The molecule has 0 aliphatic carbocycles. The standard InChI is InChI=1S/C16H15FINO2/c1-10(13-9-11(17)7-8-15(13)21-2)19-16(20)12-5-3-4-6-14(12)18/h3-10H,1-2H3,(H,19,20). The minimum absolute atomic E-state index is 0.196. The second-order valence-electron chi connectivity index (χ2n) is 4.56.